The average molecular weight is 183 g/mol. The fourth-order valence-electron chi connectivity index (χ4n) is 0.739. The first kappa shape index (κ1) is 9.20. The Morgan fingerprint density at radius 3 is 2.50 bits per heavy atom. The minimum absolute atomic E-state index is 0.726. The van der Waals surface area contributed by atoms with Gasteiger partial charge in [-0.2, -0.15) is 10.2 Å². The second kappa shape index (κ2) is 4.88. The molecule has 0 saturated carbocycles. The highest BCUT2D eigenvalue weighted by atomic mass is 35.5. The molecule has 0 saturated heterocycles. The van der Waals surface area contributed by atoms with Crippen molar-refractivity contribution in [2.45, 2.75) is 13.3 Å². The number of nitrogens with zero attached hydrogens (tertiary/aromatic N) is 2. The zero-order chi connectivity index (χ0) is 8.81. The highest BCUT2D eigenvalue weighted by molar-refractivity contribution is 6.30. The quantitative estimate of drug-likeness (QED) is 0.635. The van der Waals surface area contributed by atoms with E-state index in [1.807, 2.05) is 24.3 Å². The van der Waals surface area contributed by atoms with Crippen LogP contribution in [0.3, 0.4) is 0 Å². The summed E-state index contributed by atoms with van der Waals surface area (Å²) >= 11 is 5.70. The van der Waals surface area contributed by atoms with E-state index in [4.69, 9.17) is 11.6 Å². The smallest absolute Gasteiger partial charge is 0.0853 e. The van der Waals surface area contributed by atoms with E-state index in [1.54, 1.807) is 0 Å². The van der Waals surface area contributed by atoms with E-state index in [0.717, 1.165) is 23.7 Å². The molecule has 1 aromatic rings. The summed E-state index contributed by atoms with van der Waals surface area (Å²) in [5.41, 5.74) is 0.854. The minimum Gasteiger partial charge on any atom is -0.189 e. The molecular weight excluding hydrogens is 172 g/mol. The van der Waals surface area contributed by atoms with Gasteiger partial charge in [-0.3, -0.25) is 0 Å². The lowest BCUT2D eigenvalue weighted by Gasteiger charge is -1.91. The van der Waals surface area contributed by atoms with Gasteiger partial charge in [-0.15, -0.1) is 0 Å². The molecule has 3 heteroatoms. The van der Waals surface area contributed by atoms with Gasteiger partial charge in [0.05, 0.1) is 12.2 Å². The second-order valence-electron chi connectivity index (χ2n) is 2.44. The molecular formula is C9H11ClN2. The first-order chi connectivity index (χ1) is 5.83. The fourth-order valence-corrected chi connectivity index (χ4v) is 0.865. The Morgan fingerprint density at radius 1 is 1.25 bits per heavy atom. The maximum atomic E-state index is 5.70. The van der Waals surface area contributed by atoms with Crippen molar-refractivity contribution in [1.29, 1.82) is 0 Å². The van der Waals surface area contributed by atoms with Crippen molar-refractivity contribution >= 4 is 17.3 Å². The highest BCUT2D eigenvalue weighted by Crippen LogP contribution is 2.16. The first-order valence-electron chi connectivity index (χ1n) is 3.96. The molecule has 0 heterocycles. The third-order valence-electron chi connectivity index (χ3n) is 1.34. The maximum Gasteiger partial charge on any atom is 0.0853 e. The van der Waals surface area contributed by atoms with Crippen LogP contribution in [0.15, 0.2) is 34.5 Å². The molecule has 0 bridgehead atoms. The molecule has 64 valence electrons. The predicted molar refractivity (Wildman–Crippen MR) is 51.1 cm³/mol. The highest BCUT2D eigenvalue weighted by Gasteiger charge is 1.88. The van der Waals surface area contributed by atoms with Gasteiger partial charge in [0.2, 0.25) is 0 Å². The lowest BCUT2D eigenvalue weighted by Crippen LogP contribution is -1.70. The van der Waals surface area contributed by atoms with Crippen LogP contribution in [0.1, 0.15) is 13.3 Å². The van der Waals surface area contributed by atoms with Crippen LogP contribution in [-0.4, -0.2) is 6.54 Å². The molecule has 0 fully saturated rings. The standard InChI is InChI=1S/C9H11ClN2/c1-2-7-11-12-9-5-3-8(10)4-6-9/h3-6H,2,7H2,1H3. The van der Waals surface area contributed by atoms with Crippen LogP contribution in [0.5, 0.6) is 0 Å². The number of benzene rings is 1. The van der Waals surface area contributed by atoms with Crippen LogP contribution in [0.4, 0.5) is 5.69 Å². The first-order valence-corrected chi connectivity index (χ1v) is 4.34. The summed E-state index contributed by atoms with van der Waals surface area (Å²) in [5, 5.41) is 8.70. The van der Waals surface area contributed by atoms with Gasteiger partial charge in [0.25, 0.3) is 0 Å². The van der Waals surface area contributed by atoms with Crippen LogP contribution in [0.2, 0.25) is 5.02 Å². The van der Waals surface area contributed by atoms with E-state index in [2.05, 4.69) is 17.2 Å². The summed E-state index contributed by atoms with van der Waals surface area (Å²) in [5.74, 6) is 0. The number of azo groups is 1. The van der Waals surface area contributed by atoms with E-state index in [1.165, 1.54) is 0 Å². The molecule has 0 atom stereocenters. The van der Waals surface area contributed by atoms with E-state index in [-0.39, 0.29) is 0 Å². The van der Waals surface area contributed by atoms with Gasteiger partial charge in [-0.05, 0) is 30.7 Å². The molecule has 1 aromatic carbocycles. The Balaban J connectivity index is 2.58. The fraction of sp³-hybridized carbons (Fsp3) is 0.333. The van der Waals surface area contributed by atoms with Gasteiger partial charge in [0, 0.05) is 5.02 Å². The maximum absolute atomic E-state index is 5.70. The van der Waals surface area contributed by atoms with Crippen molar-refractivity contribution in [3.8, 4) is 0 Å². The van der Waals surface area contributed by atoms with Gasteiger partial charge < -0.3 is 0 Å². The SMILES string of the molecule is CCCN=Nc1ccc(Cl)cc1. The van der Waals surface area contributed by atoms with E-state index < -0.39 is 0 Å². The minimum atomic E-state index is 0.726. The largest absolute Gasteiger partial charge is 0.189 e. The molecule has 0 aliphatic heterocycles. The molecule has 1 rings (SSSR count). The Hall–Kier alpha value is -0.890. The van der Waals surface area contributed by atoms with Crippen molar-refractivity contribution in [1.82, 2.24) is 0 Å². The summed E-state index contributed by atoms with van der Waals surface area (Å²) in [6.07, 6.45) is 1.02. The number of hydrogen-bond acceptors (Lipinski definition) is 2. The van der Waals surface area contributed by atoms with Gasteiger partial charge >= 0.3 is 0 Å². The normalized spacial score (nSPS) is 10.8. The molecule has 0 aromatic heterocycles. The van der Waals surface area contributed by atoms with Crippen LogP contribution < -0.4 is 0 Å². The Kier molecular flexibility index (Phi) is 3.74. The van der Waals surface area contributed by atoms with E-state index in [9.17, 15) is 0 Å². The lowest BCUT2D eigenvalue weighted by molar-refractivity contribution is 0.876. The van der Waals surface area contributed by atoms with Crippen molar-refractivity contribution in [2.24, 2.45) is 10.2 Å². The summed E-state index contributed by atoms with van der Waals surface area (Å²) in [4.78, 5) is 0. The van der Waals surface area contributed by atoms with E-state index in [0.29, 0.717) is 0 Å². The molecule has 0 amide bonds. The Labute approximate surface area is 77.3 Å². The molecule has 0 aliphatic carbocycles. The predicted octanol–water partition coefficient (Wildman–Crippen LogP) is 3.83. The monoisotopic (exact) mass is 182 g/mol. The van der Waals surface area contributed by atoms with Crippen LogP contribution in [0.25, 0.3) is 0 Å². The number of hydrogen-bond donors (Lipinski definition) is 0. The molecule has 12 heavy (non-hydrogen) atoms. The zero-order valence-electron chi connectivity index (χ0n) is 7.00. The van der Waals surface area contributed by atoms with Crippen LogP contribution in [-0.2, 0) is 0 Å². The number of halogens is 1. The molecule has 0 unspecified atom stereocenters. The summed E-state index contributed by atoms with van der Waals surface area (Å²) in [7, 11) is 0. The van der Waals surface area contributed by atoms with Gasteiger partial charge in [-0.25, -0.2) is 0 Å². The lowest BCUT2D eigenvalue weighted by atomic mass is 10.3. The summed E-state index contributed by atoms with van der Waals surface area (Å²) in [6.45, 7) is 2.85. The Morgan fingerprint density at radius 2 is 1.92 bits per heavy atom. The third-order valence-corrected chi connectivity index (χ3v) is 1.59. The molecule has 0 N–H and O–H groups in total. The van der Waals surface area contributed by atoms with Crippen LogP contribution >= 0.6 is 11.6 Å². The molecule has 0 radical (unpaired) electrons. The van der Waals surface area contributed by atoms with Gasteiger partial charge in [-0.1, -0.05) is 18.5 Å². The van der Waals surface area contributed by atoms with Gasteiger partial charge in [0.1, 0.15) is 0 Å². The summed E-state index contributed by atoms with van der Waals surface area (Å²) in [6, 6.07) is 7.31. The molecule has 2 nitrogen and oxygen atoms in total. The zero-order valence-corrected chi connectivity index (χ0v) is 7.75. The van der Waals surface area contributed by atoms with E-state index >= 15 is 0 Å². The van der Waals surface area contributed by atoms with Crippen molar-refractivity contribution < 1.29 is 0 Å². The summed E-state index contributed by atoms with van der Waals surface area (Å²) < 4.78 is 0. The third kappa shape index (κ3) is 3.01. The van der Waals surface area contributed by atoms with Crippen molar-refractivity contribution in [3.63, 3.8) is 0 Å². The topological polar surface area (TPSA) is 24.7 Å². The van der Waals surface area contributed by atoms with Crippen LogP contribution in [0, 0.1) is 0 Å². The molecule has 0 spiro atoms. The number of rotatable bonds is 3. The average Bonchev–Trinajstić information content (AvgIpc) is 2.09. The second-order valence-corrected chi connectivity index (χ2v) is 2.88. The van der Waals surface area contributed by atoms with Gasteiger partial charge in [0.15, 0.2) is 0 Å². The molecule has 0 aliphatic rings. The van der Waals surface area contributed by atoms with Crippen molar-refractivity contribution in [3.05, 3.63) is 29.3 Å². The van der Waals surface area contributed by atoms with Crippen molar-refractivity contribution in [2.75, 3.05) is 6.54 Å². The Bertz CT molecular complexity index is 254.